The number of sulfonamides is 1. The summed E-state index contributed by atoms with van der Waals surface area (Å²) in [5.74, 6) is -0.121. The number of likely N-dealkylation sites (N-methyl/N-ethyl adjacent to an activating group) is 1. The molecule has 1 unspecified atom stereocenters. The molecule has 6 nitrogen and oxygen atoms in total. The fraction of sp³-hybridized carbons (Fsp3) is 0.480. The van der Waals surface area contributed by atoms with Crippen molar-refractivity contribution in [2.24, 2.45) is 0 Å². The topological polar surface area (TPSA) is 60.9 Å². The van der Waals surface area contributed by atoms with Crippen LogP contribution in [0.1, 0.15) is 54.1 Å². The van der Waals surface area contributed by atoms with E-state index >= 15 is 0 Å². The second kappa shape index (κ2) is 9.73. The van der Waals surface area contributed by atoms with E-state index in [1.54, 1.807) is 31.3 Å². The normalized spacial score (nSPS) is 21.1. The molecule has 0 radical (unpaired) electrons. The highest BCUT2D eigenvalue weighted by Crippen LogP contribution is 2.29. The third kappa shape index (κ3) is 4.75. The number of hydrogen-bond acceptors (Lipinski definition) is 4. The minimum atomic E-state index is -3.65. The summed E-state index contributed by atoms with van der Waals surface area (Å²) in [7, 11) is 0.0884. The number of carbonyl (C=O) groups is 1. The molecule has 32 heavy (non-hydrogen) atoms. The van der Waals surface area contributed by atoms with Crippen LogP contribution in [0.15, 0.2) is 59.5 Å². The summed E-state index contributed by atoms with van der Waals surface area (Å²) < 4.78 is 28.1. The molecule has 2 aromatic rings. The van der Waals surface area contributed by atoms with Gasteiger partial charge in [-0.3, -0.25) is 4.79 Å². The number of hydrogen-bond donors (Lipinski definition) is 0. The van der Waals surface area contributed by atoms with Gasteiger partial charge in [0.2, 0.25) is 10.0 Å². The van der Waals surface area contributed by atoms with Gasteiger partial charge in [-0.05, 0) is 43.7 Å². The Morgan fingerprint density at radius 2 is 1.69 bits per heavy atom. The van der Waals surface area contributed by atoms with Crippen molar-refractivity contribution in [3.8, 4) is 0 Å². The molecule has 2 fully saturated rings. The van der Waals surface area contributed by atoms with Gasteiger partial charge in [-0.25, -0.2) is 8.42 Å². The van der Waals surface area contributed by atoms with Gasteiger partial charge in [0, 0.05) is 38.3 Å². The monoisotopic (exact) mass is 455 g/mol. The number of carbonyl (C=O) groups excluding carboxylic acids is 1. The third-order valence-electron chi connectivity index (χ3n) is 6.88. The maximum absolute atomic E-state index is 13.5. The van der Waals surface area contributed by atoms with Gasteiger partial charge in [0.25, 0.3) is 5.91 Å². The van der Waals surface area contributed by atoms with Crippen LogP contribution in [0.4, 0.5) is 0 Å². The minimum absolute atomic E-state index is 0.0354. The molecule has 172 valence electrons. The van der Waals surface area contributed by atoms with Crippen LogP contribution in [0.2, 0.25) is 0 Å². The second-order valence-electron chi connectivity index (χ2n) is 9.03. The van der Waals surface area contributed by atoms with E-state index in [9.17, 15) is 13.2 Å². The summed E-state index contributed by atoms with van der Waals surface area (Å²) in [4.78, 5) is 17.8. The molecule has 1 aliphatic carbocycles. The molecule has 1 saturated carbocycles. The summed E-state index contributed by atoms with van der Waals surface area (Å²) in [6.45, 7) is 2.14. The zero-order valence-electron chi connectivity index (χ0n) is 19.0. The molecule has 0 aromatic heterocycles. The third-order valence-corrected chi connectivity index (χ3v) is 8.78. The van der Waals surface area contributed by atoms with Gasteiger partial charge >= 0.3 is 0 Å². The van der Waals surface area contributed by atoms with Crippen LogP contribution in [-0.2, 0) is 10.0 Å². The Hall–Kier alpha value is -2.22. The summed E-state index contributed by atoms with van der Waals surface area (Å²) in [5, 5.41) is 0. The zero-order chi connectivity index (χ0) is 22.7. The van der Waals surface area contributed by atoms with Crippen molar-refractivity contribution >= 4 is 15.9 Å². The predicted molar refractivity (Wildman–Crippen MR) is 126 cm³/mol. The summed E-state index contributed by atoms with van der Waals surface area (Å²) in [6, 6.07) is 16.6. The molecular weight excluding hydrogens is 422 g/mol. The van der Waals surface area contributed by atoms with Gasteiger partial charge in [-0.1, -0.05) is 55.7 Å². The maximum atomic E-state index is 13.5. The molecule has 1 aliphatic heterocycles. The van der Waals surface area contributed by atoms with E-state index in [1.807, 2.05) is 35.2 Å². The average molecular weight is 456 g/mol. The number of amides is 1. The smallest absolute Gasteiger partial charge is 0.254 e. The van der Waals surface area contributed by atoms with Crippen LogP contribution in [-0.4, -0.2) is 68.2 Å². The van der Waals surface area contributed by atoms with Gasteiger partial charge in [0.15, 0.2) is 0 Å². The standard InChI is InChI=1S/C25H33N3O3S/c1-26-16-17-28(24(19-26)20-10-5-3-6-11-20)25(29)21-12-9-15-23(18-21)32(30,31)27(2)22-13-7-4-8-14-22/h3,5-6,9-12,15,18,22,24H,4,7-8,13-14,16-17,19H2,1-2H3. The van der Waals surface area contributed by atoms with Crippen molar-refractivity contribution in [1.82, 2.24) is 14.1 Å². The highest BCUT2D eigenvalue weighted by Gasteiger charge is 2.33. The van der Waals surface area contributed by atoms with Crippen LogP contribution < -0.4 is 0 Å². The first-order chi connectivity index (χ1) is 15.4. The van der Waals surface area contributed by atoms with Crippen LogP contribution in [0.5, 0.6) is 0 Å². The fourth-order valence-corrected chi connectivity index (χ4v) is 6.35. The van der Waals surface area contributed by atoms with Crippen molar-refractivity contribution in [3.05, 3.63) is 65.7 Å². The first-order valence-corrected chi connectivity index (χ1v) is 12.9. The highest BCUT2D eigenvalue weighted by atomic mass is 32.2. The molecule has 0 spiro atoms. The SMILES string of the molecule is CN1CCN(C(=O)c2cccc(S(=O)(=O)N(C)C3CCCCC3)c2)C(c2ccccc2)C1. The number of nitrogens with zero attached hydrogens (tertiary/aromatic N) is 3. The first kappa shape index (κ1) is 23.0. The van der Waals surface area contributed by atoms with Crippen LogP contribution in [0, 0.1) is 0 Å². The summed E-state index contributed by atoms with van der Waals surface area (Å²) in [6.07, 6.45) is 5.09. The van der Waals surface area contributed by atoms with Crippen LogP contribution in [0.3, 0.4) is 0 Å². The van der Waals surface area contributed by atoms with E-state index in [0.717, 1.165) is 44.3 Å². The molecule has 2 aromatic carbocycles. The predicted octanol–water partition coefficient (Wildman–Crippen LogP) is 3.77. The van der Waals surface area contributed by atoms with Crippen molar-refractivity contribution in [1.29, 1.82) is 0 Å². The first-order valence-electron chi connectivity index (χ1n) is 11.5. The van der Waals surface area contributed by atoms with Gasteiger partial charge in [-0.2, -0.15) is 4.31 Å². The molecule has 2 aliphatic rings. The Bertz CT molecular complexity index is 1040. The van der Waals surface area contributed by atoms with E-state index in [-0.39, 0.29) is 22.9 Å². The van der Waals surface area contributed by atoms with E-state index in [2.05, 4.69) is 11.9 Å². The van der Waals surface area contributed by atoms with Crippen molar-refractivity contribution < 1.29 is 13.2 Å². The van der Waals surface area contributed by atoms with Crippen LogP contribution in [0.25, 0.3) is 0 Å². The minimum Gasteiger partial charge on any atom is -0.329 e. The molecule has 0 bridgehead atoms. The lowest BCUT2D eigenvalue weighted by molar-refractivity contribution is 0.0498. The van der Waals surface area contributed by atoms with Crippen molar-refractivity contribution in [2.45, 2.75) is 49.1 Å². The maximum Gasteiger partial charge on any atom is 0.254 e. The number of rotatable bonds is 5. The molecule has 0 N–H and O–H groups in total. The molecule has 7 heteroatoms. The van der Waals surface area contributed by atoms with Crippen LogP contribution >= 0.6 is 0 Å². The number of piperazine rings is 1. The molecule has 4 rings (SSSR count). The zero-order valence-corrected chi connectivity index (χ0v) is 19.8. The van der Waals surface area contributed by atoms with Crippen molar-refractivity contribution in [2.75, 3.05) is 33.7 Å². The molecular formula is C25H33N3O3S. The highest BCUT2D eigenvalue weighted by molar-refractivity contribution is 7.89. The Morgan fingerprint density at radius 1 is 0.969 bits per heavy atom. The van der Waals surface area contributed by atoms with Gasteiger partial charge in [0.1, 0.15) is 0 Å². The Kier molecular flexibility index (Phi) is 6.98. The van der Waals surface area contributed by atoms with E-state index in [4.69, 9.17) is 0 Å². The Balaban J connectivity index is 1.60. The van der Waals surface area contributed by atoms with E-state index in [0.29, 0.717) is 12.1 Å². The van der Waals surface area contributed by atoms with E-state index in [1.165, 1.54) is 10.7 Å². The largest absolute Gasteiger partial charge is 0.329 e. The second-order valence-corrected chi connectivity index (χ2v) is 11.0. The molecule has 1 atom stereocenters. The Labute approximate surface area is 191 Å². The lowest BCUT2D eigenvalue weighted by Crippen LogP contribution is -2.49. The molecule has 1 saturated heterocycles. The number of benzene rings is 2. The van der Waals surface area contributed by atoms with Gasteiger partial charge in [0.05, 0.1) is 10.9 Å². The summed E-state index contributed by atoms with van der Waals surface area (Å²) in [5.41, 5.74) is 1.52. The van der Waals surface area contributed by atoms with Gasteiger partial charge in [-0.15, -0.1) is 0 Å². The lowest BCUT2D eigenvalue weighted by atomic mass is 9.96. The Morgan fingerprint density at radius 3 is 2.41 bits per heavy atom. The lowest BCUT2D eigenvalue weighted by Gasteiger charge is -2.40. The quantitative estimate of drug-likeness (QED) is 0.689. The van der Waals surface area contributed by atoms with E-state index < -0.39 is 10.0 Å². The van der Waals surface area contributed by atoms with Crippen molar-refractivity contribution in [3.63, 3.8) is 0 Å². The average Bonchev–Trinajstić information content (AvgIpc) is 2.84. The fourth-order valence-electron chi connectivity index (χ4n) is 4.89. The molecule has 1 amide bonds. The van der Waals surface area contributed by atoms with Gasteiger partial charge < -0.3 is 9.80 Å². The summed E-state index contributed by atoms with van der Waals surface area (Å²) >= 11 is 0. The molecule has 1 heterocycles.